The number of amides is 1. The fraction of sp³-hybridized carbons (Fsp3) is 0.533. The van der Waals surface area contributed by atoms with Gasteiger partial charge in [-0.3, -0.25) is 4.79 Å². The summed E-state index contributed by atoms with van der Waals surface area (Å²) in [7, 11) is 3.74. The third-order valence-corrected chi connectivity index (χ3v) is 3.18. The largest absolute Gasteiger partial charge is 0.345 e. The molecule has 3 nitrogen and oxygen atoms in total. The molecule has 1 aromatic rings. The summed E-state index contributed by atoms with van der Waals surface area (Å²) in [4.78, 5) is 13.5. The van der Waals surface area contributed by atoms with E-state index >= 15 is 0 Å². The minimum Gasteiger partial charge on any atom is -0.345 e. The normalized spacial score (nSPS) is 10.4. The molecule has 100 valence electrons. The lowest BCUT2D eigenvalue weighted by Gasteiger charge is -2.17. The minimum atomic E-state index is 0.203. The predicted molar refractivity (Wildman–Crippen MR) is 75.7 cm³/mol. The van der Waals surface area contributed by atoms with E-state index in [0.29, 0.717) is 6.42 Å². The number of carbonyl (C=O) groups excluding carboxylic acids is 1. The zero-order chi connectivity index (χ0) is 13.4. The number of likely N-dealkylation sites (N-methyl/N-ethyl adjacent to an activating group) is 1. The summed E-state index contributed by atoms with van der Waals surface area (Å²) in [5.41, 5.74) is 2.65. The number of nitrogens with one attached hydrogen (secondary N) is 1. The van der Waals surface area contributed by atoms with Crippen LogP contribution in [0.5, 0.6) is 0 Å². The van der Waals surface area contributed by atoms with Gasteiger partial charge in [0.1, 0.15) is 0 Å². The molecule has 0 spiro atoms. The second-order valence-electron chi connectivity index (χ2n) is 4.59. The number of carbonyl (C=O) groups is 1. The maximum atomic E-state index is 11.7. The lowest BCUT2D eigenvalue weighted by atomic mass is 10.1. The molecule has 0 fully saturated rings. The van der Waals surface area contributed by atoms with E-state index in [1.807, 2.05) is 19.0 Å². The highest BCUT2D eigenvalue weighted by molar-refractivity contribution is 5.76. The zero-order valence-corrected chi connectivity index (χ0v) is 11.7. The summed E-state index contributed by atoms with van der Waals surface area (Å²) < 4.78 is 0. The van der Waals surface area contributed by atoms with E-state index in [4.69, 9.17) is 0 Å². The maximum Gasteiger partial charge on any atom is 0.223 e. The Labute approximate surface area is 110 Å². The van der Waals surface area contributed by atoms with Gasteiger partial charge < -0.3 is 10.2 Å². The second kappa shape index (κ2) is 7.88. The van der Waals surface area contributed by atoms with Gasteiger partial charge in [0.05, 0.1) is 0 Å². The topological polar surface area (TPSA) is 32.3 Å². The highest BCUT2D eigenvalue weighted by atomic mass is 16.2. The van der Waals surface area contributed by atoms with Gasteiger partial charge in [-0.25, -0.2) is 0 Å². The number of aryl methyl sites for hydroxylation is 1. The van der Waals surface area contributed by atoms with E-state index in [-0.39, 0.29) is 5.91 Å². The van der Waals surface area contributed by atoms with Crippen LogP contribution in [0.3, 0.4) is 0 Å². The number of hydrogen-bond donors (Lipinski definition) is 1. The number of benzene rings is 1. The molecule has 0 saturated carbocycles. The highest BCUT2D eigenvalue weighted by Crippen LogP contribution is 2.06. The smallest absolute Gasteiger partial charge is 0.223 e. The summed E-state index contributed by atoms with van der Waals surface area (Å²) in [5.74, 6) is 0.203. The SMILES string of the molecule is CCc1ccc(CCN(C)C(=O)CCNC)cc1. The summed E-state index contributed by atoms with van der Waals surface area (Å²) in [5, 5.41) is 2.99. The Morgan fingerprint density at radius 3 is 2.39 bits per heavy atom. The van der Waals surface area contributed by atoms with Gasteiger partial charge in [0.2, 0.25) is 5.91 Å². The molecule has 0 aliphatic heterocycles. The lowest BCUT2D eigenvalue weighted by Crippen LogP contribution is -2.30. The van der Waals surface area contributed by atoms with Crippen LogP contribution in [0.4, 0.5) is 0 Å². The highest BCUT2D eigenvalue weighted by Gasteiger charge is 2.07. The molecule has 0 aromatic heterocycles. The van der Waals surface area contributed by atoms with Gasteiger partial charge in [-0.05, 0) is 31.0 Å². The third-order valence-electron chi connectivity index (χ3n) is 3.18. The predicted octanol–water partition coefficient (Wildman–Crippen LogP) is 1.86. The van der Waals surface area contributed by atoms with E-state index in [2.05, 4.69) is 36.5 Å². The molecular weight excluding hydrogens is 224 g/mol. The van der Waals surface area contributed by atoms with Gasteiger partial charge >= 0.3 is 0 Å². The van der Waals surface area contributed by atoms with Gasteiger partial charge in [-0.2, -0.15) is 0 Å². The quantitative estimate of drug-likeness (QED) is 0.799. The van der Waals surface area contributed by atoms with E-state index in [1.165, 1.54) is 11.1 Å². The first-order valence-corrected chi connectivity index (χ1v) is 6.63. The van der Waals surface area contributed by atoms with Crippen molar-refractivity contribution < 1.29 is 4.79 Å². The van der Waals surface area contributed by atoms with Gasteiger partial charge in [-0.15, -0.1) is 0 Å². The molecule has 3 heteroatoms. The second-order valence-corrected chi connectivity index (χ2v) is 4.59. The molecular formula is C15H24N2O. The fourth-order valence-electron chi connectivity index (χ4n) is 1.79. The van der Waals surface area contributed by atoms with Crippen molar-refractivity contribution in [3.63, 3.8) is 0 Å². The van der Waals surface area contributed by atoms with Crippen LogP contribution < -0.4 is 5.32 Å². The Kier molecular flexibility index (Phi) is 6.44. The van der Waals surface area contributed by atoms with E-state index < -0.39 is 0 Å². The standard InChI is InChI=1S/C15H24N2O/c1-4-13-5-7-14(8-6-13)10-12-17(3)15(18)9-11-16-2/h5-8,16H,4,9-12H2,1-3H3. The van der Waals surface area contributed by atoms with Crippen LogP contribution in [0.2, 0.25) is 0 Å². The van der Waals surface area contributed by atoms with Crippen LogP contribution in [-0.2, 0) is 17.6 Å². The van der Waals surface area contributed by atoms with Crippen molar-refractivity contribution in [1.29, 1.82) is 0 Å². The van der Waals surface area contributed by atoms with Gasteiger partial charge in [0.15, 0.2) is 0 Å². The van der Waals surface area contributed by atoms with E-state index in [9.17, 15) is 4.79 Å². The first-order valence-electron chi connectivity index (χ1n) is 6.63. The molecule has 0 atom stereocenters. The van der Waals surface area contributed by atoms with Crippen LogP contribution >= 0.6 is 0 Å². The summed E-state index contributed by atoms with van der Waals surface area (Å²) in [6, 6.07) is 8.64. The molecule has 0 saturated heterocycles. The van der Waals surface area contributed by atoms with Crippen molar-refractivity contribution in [2.45, 2.75) is 26.2 Å². The summed E-state index contributed by atoms with van der Waals surface area (Å²) in [6.07, 6.45) is 2.57. The van der Waals surface area contributed by atoms with Crippen molar-refractivity contribution in [3.05, 3.63) is 35.4 Å². The molecule has 0 heterocycles. The maximum absolute atomic E-state index is 11.7. The van der Waals surface area contributed by atoms with E-state index in [1.54, 1.807) is 0 Å². The van der Waals surface area contributed by atoms with Gasteiger partial charge in [-0.1, -0.05) is 31.2 Å². The Balaban J connectivity index is 2.36. The van der Waals surface area contributed by atoms with Crippen LogP contribution in [0, 0.1) is 0 Å². The molecule has 1 aromatic carbocycles. The van der Waals surface area contributed by atoms with Crippen molar-refractivity contribution in [2.75, 3.05) is 27.2 Å². The first kappa shape index (κ1) is 14.7. The van der Waals surface area contributed by atoms with E-state index in [0.717, 1.165) is 25.9 Å². The molecule has 1 rings (SSSR count). The third kappa shape index (κ3) is 4.88. The number of hydrogen-bond acceptors (Lipinski definition) is 2. The lowest BCUT2D eigenvalue weighted by molar-refractivity contribution is -0.129. The monoisotopic (exact) mass is 248 g/mol. The summed E-state index contributed by atoms with van der Waals surface area (Å²) >= 11 is 0. The molecule has 1 amide bonds. The Morgan fingerprint density at radius 1 is 1.22 bits per heavy atom. The van der Waals surface area contributed by atoms with Crippen molar-refractivity contribution in [2.24, 2.45) is 0 Å². The van der Waals surface area contributed by atoms with Crippen LogP contribution in [0.25, 0.3) is 0 Å². The molecule has 0 unspecified atom stereocenters. The molecule has 0 aliphatic carbocycles. The van der Waals surface area contributed by atoms with Crippen molar-refractivity contribution in [3.8, 4) is 0 Å². The summed E-state index contributed by atoms with van der Waals surface area (Å²) in [6.45, 7) is 3.69. The van der Waals surface area contributed by atoms with Crippen molar-refractivity contribution in [1.82, 2.24) is 10.2 Å². The fourth-order valence-corrected chi connectivity index (χ4v) is 1.79. The molecule has 0 bridgehead atoms. The first-order chi connectivity index (χ1) is 8.67. The van der Waals surface area contributed by atoms with Gasteiger partial charge in [0.25, 0.3) is 0 Å². The van der Waals surface area contributed by atoms with Crippen molar-refractivity contribution >= 4 is 5.91 Å². The Bertz CT molecular complexity index is 359. The molecule has 0 aliphatic rings. The molecule has 1 N–H and O–H groups in total. The number of rotatable bonds is 7. The number of nitrogens with zero attached hydrogens (tertiary/aromatic N) is 1. The zero-order valence-electron chi connectivity index (χ0n) is 11.7. The molecule has 18 heavy (non-hydrogen) atoms. The van der Waals surface area contributed by atoms with Crippen LogP contribution in [-0.4, -0.2) is 38.0 Å². The minimum absolute atomic E-state index is 0.203. The Morgan fingerprint density at radius 2 is 1.83 bits per heavy atom. The Hall–Kier alpha value is -1.35. The van der Waals surface area contributed by atoms with Gasteiger partial charge in [0, 0.05) is 26.6 Å². The molecule has 0 radical (unpaired) electrons. The van der Waals surface area contributed by atoms with Crippen LogP contribution in [0.15, 0.2) is 24.3 Å². The van der Waals surface area contributed by atoms with Crippen LogP contribution in [0.1, 0.15) is 24.5 Å². The average Bonchev–Trinajstić information content (AvgIpc) is 2.42. The average molecular weight is 248 g/mol.